The number of alkyl halides is 3. The molecule has 0 saturated heterocycles. The first-order valence-corrected chi connectivity index (χ1v) is 6.64. The summed E-state index contributed by atoms with van der Waals surface area (Å²) in [5.41, 5.74) is 0.457. The third-order valence-corrected chi connectivity index (χ3v) is 3.34. The van der Waals surface area contributed by atoms with Crippen LogP contribution in [0.25, 0.3) is 0 Å². The molecule has 1 fully saturated rings. The molecule has 21 heavy (non-hydrogen) atoms. The number of anilines is 1. The van der Waals surface area contributed by atoms with Gasteiger partial charge in [0.15, 0.2) is 6.61 Å². The van der Waals surface area contributed by atoms with Crippen molar-refractivity contribution in [3.8, 4) is 5.75 Å². The van der Waals surface area contributed by atoms with E-state index in [9.17, 15) is 23.1 Å². The molecule has 116 valence electrons. The predicted octanol–water partition coefficient (Wildman–Crippen LogP) is 2.73. The number of nitrogens with one attached hydrogen (secondary N) is 1. The Balaban J connectivity index is 1.89. The quantitative estimate of drug-likeness (QED) is 0.899. The molecule has 0 radical (unpaired) electrons. The fraction of sp³-hybridized carbons (Fsp3) is 0.500. The molecule has 0 bridgehead atoms. The van der Waals surface area contributed by atoms with E-state index in [0.717, 1.165) is 6.42 Å². The Morgan fingerprint density at radius 3 is 2.48 bits per heavy atom. The molecule has 2 rings (SSSR count). The van der Waals surface area contributed by atoms with Crippen LogP contribution in [0.5, 0.6) is 5.75 Å². The Hall–Kier alpha value is -1.76. The average molecular weight is 303 g/mol. The number of hydrogen-bond acceptors (Lipinski definition) is 3. The summed E-state index contributed by atoms with van der Waals surface area (Å²) in [6.45, 7) is -1.35. The first-order chi connectivity index (χ1) is 9.85. The van der Waals surface area contributed by atoms with Crippen LogP contribution in [-0.4, -0.2) is 29.9 Å². The minimum Gasteiger partial charge on any atom is -0.484 e. The number of hydrogen-bond donors (Lipinski definition) is 2. The Kier molecular flexibility index (Phi) is 4.72. The zero-order valence-corrected chi connectivity index (χ0v) is 11.2. The van der Waals surface area contributed by atoms with Crippen molar-refractivity contribution in [2.75, 3.05) is 11.9 Å². The van der Waals surface area contributed by atoms with Crippen LogP contribution in [0.15, 0.2) is 24.3 Å². The van der Waals surface area contributed by atoms with Gasteiger partial charge < -0.3 is 15.2 Å². The number of carbonyl (C=O) groups is 1. The van der Waals surface area contributed by atoms with Crippen molar-refractivity contribution in [3.05, 3.63) is 24.3 Å². The molecule has 0 aliphatic heterocycles. The van der Waals surface area contributed by atoms with Gasteiger partial charge in [-0.2, -0.15) is 13.2 Å². The van der Waals surface area contributed by atoms with Crippen molar-refractivity contribution >= 4 is 11.6 Å². The van der Waals surface area contributed by atoms with E-state index < -0.39 is 24.8 Å². The summed E-state index contributed by atoms with van der Waals surface area (Å²) in [5, 5.41) is 12.3. The van der Waals surface area contributed by atoms with Crippen molar-refractivity contribution < 1.29 is 27.8 Å². The number of ether oxygens (including phenoxy) is 1. The van der Waals surface area contributed by atoms with Gasteiger partial charge in [0.2, 0.25) is 5.91 Å². The van der Waals surface area contributed by atoms with Crippen molar-refractivity contribution in [1.29, 1.82) is 0 Å². The minimum atomic E-state index is -4.38. The summed E-state index contributed by atoms with van der Waals surface area (Å²) in [4.78, 5) is 11.9. The van der Waals surface area contributed by atoms with Crippen LogP contribution in [0.4, 0.5) is 18.9 Å². The van der Waals surface area contributed by atoms with Gasteiger partial charge in [0.1, 0.15) is 5.75 Å². The van der Waals surface area contributed by atoms with Gasteiger partial charge in [-0.15, -0.1) is 0 Å². The Labute approximate surface area is 119 Å². The number of rotatable bonds is 4. The molecule has 2 N–H and O–H groups in total. The summed E-state index contributed by atoms with van der Waals surface area (Å²) >= 11 is 0. The van der Waals surface area contributed by atoms with E-state index in [0.29, 0.717) is 18.5 Å². The van der Waals surface area contributed by atoms with E-state index in [1.165, 1.54) is 24.3 Å². The zero-order valence-electron chi connectivity index (χ0n) is 11.2. The molecule has 1 saturated carbocycles. The third kappa shape index (κ3) is 4.63. The molecular formula is C14H16F3NO3. The smallest absolute Gasteiger partial charge is 0.422 e. The highest BCUT2D eigenvalue weighted by atomic mass is 19.4. The van der Waals surface area contributed by atoms with Gasteiger partial charge >= 0.3 is 6.18 Å². The number of aliphatic hydroxyl groups is 1. The Bertz CT molecular complexity index is 487. The van der Waals surface area contributed by atoms with E-state index >= 15 is 0 Å². The number of halogens is 3. The second-order valence-corrected chi connectivity index (χ2v) is 5.02. The van der Waals surface area contributed by atoms with E-state index in [2.05, 4.69) is 10.1 Å². The average Bonchev–Trinajstić information content (AvgIpc) is 2.83. The summed E-state index contributed by atoms with van der Waals surface area (Å²) in [5.74, 6) is -0.624. The van der Waals surface area contributed by atoms with Crippen LogP contribution in [0.1, 0.15) is 19.3 Å². The molecule has 0 spiro atoms. The lowest BCUT2D eigenvalue weighted by Gasteiger charge is -2.14. The van der Waals surface area contributed by atoms with Gasteiger partial charge in [0.25, 0.3) is 0 Å². The maximum Gasteiger partial charge on any atom is 0.422 e. The zero-order chi connectivity index (χ0) is 15.5. The van der Waals surface area contributed by atoms with E-state index in [1.807, 2.05) is 0 Å². The molecule has 1 aliphatic rings. The number of carbonyl (C=O) groups excluding carboxylic acids is 1. The summed E-state index contributed by atoms with van der Waals surface area (Å²) in [6, 6.07) is 5.63. The van der Waals surface area contributed by atoms with Crippen molar-refractivity contribution in [3.63, 3.8) is 0 Å². The maximum absolute atomic E-state index is 12.0. The largest absolute Gasteiger partial charge is 0.484 e. The SMILES string of the molecule is O=C(Nc1ccc(OCC(F)(F)F)cc1)C1CCCC1O. The number of aliphatic hydroxyl groups excluding tert-OH is 1. The highest BCUT2D eigenvalue weighted by Crippen LogP contribution is 2.27. The first kappa shape index (κ1) is 15.6. The molecule has 4 nitrogen and oxygen atoms in total. The van der Waals surface area contributed by atoms with Crippen LogP contribution in [-0.2, 0) is 4.79 Å². The third-order valence-electron chi connectivity index (χ3n) is 3.34. The van der Waals surface area contributed by atoms with Gasteiger partial charge in [-0.25, -0.2) is 0 Å². The van der Waals surface area contributed by atoms with Gasteiger partial charge in [-0.1, -0.05) is 0 Å². The highest BCUT2D eigenvalue weighted by molar-refractivity contribution is 5.93. The minimum absolute atomic E-state index is 0.0752. The molecule has 1 aliphatic carbocycles. The maximum atomic E-state index is 12.0. The van der Waals surface area contributed by atoms with Gasteiger partial charge in [0.05, 0.1) is 12.0 Å². The van der Waals surface area contributed by atoms with Crippen molar-refractivity contribution in [2.24, 2.45) is 5.92 Å². The molecule has 2 atom stereocenters. The molecule has 0 aromatic heterocycles. The lowest BCUT2D eigenvalue weighted by molar-refractivity contribution is -0.153. The normalized spacial score (nSPS) is 22.1. The van der Waals surface area contributed by atoms with Crippen LogP contribution < -0.4 is 10.1 Å². The highest BCUT2D eigenvalue weighted by Gasteiger charge is 2.31. The second kappa shape index (κ2) is 6.34. The van der Waals surface area contributed by atoms with Crippen LogP contribution >= 0.6 is 0 Å². The van der Waals surface area contributed by atoms with Crippen molar-refractivity contribution in [1.82, 2.24) is 0 Å². The van der Waals surface area contributed by atoms with Crippen LogP contribution in [0.2, 0.25) is 0 Å². The van der Waals surface area contributed by atoms with E-state index in [4.69, 9.17) is 0 Å². The number of benzene rings is 1. The van der Waals surface area contributed by atoms with E-state index in [1.54, 1.807) is 0 Å². The fourth-order valence-electron chi connectivity index (χ4n) is 2.28. The van der Waals surface area contributed by atoms with Crippen molar-refractivity contribution in [2.45, 2.75) is 31.5 Å². The Morgan fingerprint density at radius 2 is 1.95 bits per heavy atom. The summed E-state index contributed by atoms with van der Waals surface area (Å²) in [6.07, 6.45) is -2.95. The molecule has 1 aromatic carbocycles. The molecule has 1 amide bonds. The topological polar surface area (TPSA) is 58.6 Å². The predicted molar refractivity (Wildman–Crippen MR) is 70.0 cm³/mol. The molecule has 2 unspecified atom stereocenters. The summed E-state index contributed by atoms with van der Waals surface area (Å²) < 4.78 is 40.6. The second-order valence-electron chi connectivity index (χ2n) is 5.02. The molecule has 1 aromatic rings. The molecular weight excluding hydrogens is 287 g/mol. The number of amides is 1. The monoisotopic (exact) mass is 303 g/mol. The lowest BCUT2D eigenvalue weighted by atomic mass is 10.1. The molecule has 0 heterocycles. The van der Waals surface area contributed by atoms with Gasteiger partial charge in [-0.3, -0.25) is 4.79 Å². The fourth-order valence-corrected chi connectivity index (χ4v) is 2.28. The standard InChI is InChI=1S/C14H16F3NO3/c15-14(16,17)8-21-10-6-4-9(5-7-10)18-13(20)11-2-1-3-12(11)19/h4-7,11-12,19H,1-3,8H2,(H,18,20). The van der Waals surface area contributed by atoms with Crippen LogP contribution in [0.3, 0.4) is 0 Å². The van der Waals surface area contributed by atoms with E-state index in [-0.39, 0.29) is 11.7 Å². The lowest BCUT2D eigenvalue weighted by Crippen LogP contribution is -2.28. The van der Waals surface area contributed by atoms with Crippen LogP contribution in [0, 0.1) is 5.92 Å². The van der Waals surface area contributed by atoms with Gasteiger partial charge in [0, 0.05) is 5.69 Å². The Morgan fingerprint density at radius 1 is 1.29 bits per heavy atom. The molecule has 7 heteroatoms. The van der Waals surface area contributed by atoms with Gasteiger partial charge in [-0.05, 0) is 43.5 Å². The summed E-state index contributed by atoms with van der Waals surface area (Å²) in [7, 11) is 0. The first-order valence-electron chi connectivity index (χ1n) is 6.64.